The Balaban J connectivity index is 2.26. The highest BCUT2D eigenvalue weighted by molar-refractivity contribution is 5.60. The first kappa shape index (κ1) is 6.75. The maximum absolute atomic E-state index is 7.01. The quantitative estimate of drug-likeness (QED) is 0.508. The Kier molecular flexibility index (Phi) is 2.71. The lowest BCUT2D eigenvalue weighted by molar-refractivity contribution is 0.632. The van der Waals surface area contributed by atoms with Crippen molar-refractivity contribution in [3.05, 3.63) is 0 Å². The minimum absolute atomic E-state index is 0.368. The first-order valence-electron chi connectivity index (χ1n) is 3.67. The van der Waals surface area contributed by atoms with Crippen LogP contribution >= 0.6 is 0 Å². The first-order valence-corrected chi connectivity index (χ1v) is 3.67. The predicted octanol–water partition coefficient (Wildman–Crippen LogP) is 1.17. The molecule has 0 aromatic rings. The lowest BCUT2D eigenvalue weighted by atomic mass is 10.1. The summed E-state index contributed by atoms with van der Waals surface area (Å²) < 4.78 is 0. The topological polar surface area (TPSA) is 35.9 Å². The van der Waals surface area contributed by atoms with Gasteiger partial charge < -0.3 is 10.7 Å². The van der Waals surface area contributed by atoms with E-state index in [2.05, 4.69) is 5.32 Å². The van der Waals surface area contributed by atoms with Gasteiger partial charge in [0.05, 0.1) is 0 Å². The van der Waals surface area contributed by atoms with Gasteiger partial charge in [-0.3, -0.25) is 0 Å². The summed E-state index contributed by atoms with van der Waals surface area (Å²) in [4.78, 5) is 0. The average Bonchev–Trinajstić information content (AvgIpc) is 2.13. The zero-order chi connectivity index (χ0) is 6.53. The van der Waals surface area contributed by atoms with E-state index in [1.807, 2.05) is 0 Å². The summed E-state index contributed by atoms with van der Waals surface area (Å²) in [7, 11) is 0. The number of rotatable bonds is 1. The van der Waals surface area contributed by atoms with Crippen molar-refractivity contribution in [3.63, 3.8) is 0 Å². The summed E-state index contributed by atoms with van der Waals surface area (Å²) in [5, 5.41) is 10.3. The lowest BCUT2D eigenvalue weighted by Gasteiger charge is -2.06. The minimum Gasteiger partial charge on any atom is -0.311 e. The molecule has 0 aliphatic carbocycles. The zero-order valence-electron chi connectivity index (χ0n) is 5.69. The molecule has 2 N–H and O–H groups in total. The summed E-state index contributed by atoms with van der Waals surface area (Å²) >= 11 is 0. The fourth-order valence-electron chi connectivity index (χ4n) is 1.20. The second-order valence-corrected chi connectivity index (χ2v) is 2.58. The van der Waals surface area contributed by atoms with Gasteiger partial charge in [-0.05, 0) is 19.4 Å². The predicted molar refractivity (Wildman–Crippen MR) is 39.0 cm³/mol. The molecule has 1 unspecified atom stereocenters. The molecule has 9 heavy (non-hydrogen) atoms. The Labute approximate surface area is 56.2 Å². The standard InChI is InChI=1S/C7H14N2/c8-6-7-4-2-1-3-5-9-7/h6-9H,1-5H2. The van der Waals surface area contributed by atoms with Crippen molar-refractivity contribution < 1.29 is 0 Å². The van der Waals surface area contributed by atoms with Gasteiger partial charge in [-0.1, -0.05) is 12.8 Å². The molecule has 1 atom stereocenters. The fourth-order valence-corrected chi connectivity index (χ4v) is 1.20. The molecule has 2 heteroatoms. The third kappa shape index (κ3) is 2.14. The van der Waals surface area contributed by atoms with Gasteiger partial charge in [0, 0.05) is 12.3 Å². The molecular formula is C7H14N2. The van der Waals surface area contributed by atoms with Crippen LogP contribution in [0.2, 0.25) is 0 Å². The van der Waals surface area contributed by atoms with Gasteiger partial charge in [-0.25, -0.2) is 0 Å². The summed E-state index contributed by atoms with van der Waals surface area (Å²) in [5.41, 5.74) is 0. The van der Waals surface area contributed by atoms with E-state index in [1.165, 1.54) is 25.5 Å². The van der Waals surface area contributed by atoms with Crippen LogP contribution in [0.4, 0.5) is 0 Å². The first-order chi connectivity index (χ1) is 4.43. The van der Waals surface area contributed by atoms with Crippen molar-refractivity contribution >= 4 is 6.21 Å². The molecule has 1 heterocycles. The minimum atomic E-state index is 0.368. The van der Waals surface area contributed by atoms with E-state index >= 15 is 0 Å². The van der Waals surface area contributed by atoms with Crippen LogP contribution in [-0.4, -0.2) is 18.8 Å². The second-order valence-electron chi connectivity index (χ2n) is 2.58. The van der Waals surface area contributed by atoms with Gasteiger partial charge >= 0.3 is 0 Å². The van der Waals surface area contributed by atoms with Crippen LogP contribution < -0.4 is 5.32 Å². The molecule has 0 aromatic carbocycles. The molecule has 0 saturated carbocycles. The van der Waals surface area contributed by atoms with E-state index < -0.39 is 0 Å². The molecule has 0 spiro atoms. The Hall–Kier alpha value is -0.370. The molecule has 2 nitrogen and oxygen atoms in total. The summed E-state index contributed by atoms with van der Waals surface area (Å²) in [6, 6.07) is 0.368. The van der Waals surface area contributed by atoms with Crippen LogP contribution in [0.15, 0.2) is 0 Å². The molecular weight excluding hydrogens is 112 g/mol. The van der Waals surface area contributed by atoms with E-state index in [-0.39, 0.29) is 0 Å². The van der Waals surface area contributed by atoms with Crippen LogP contribution in [0.1, 0.15) is 25.7 Å². The molecule has 52 valence electrons. The largest absolute Gasteiger partial charge is 0.311 e. The lowest BCUT2D eigenvalue weighted by Crippen LogP contribution is -2.28. The highest BCUT2D eigenvalue weighted by atomic mass is 14.9. The van der Waals surface area contributed by atoms with E-state index in [1.54, 1.807) is 0 Å². The normalized spacial score (nSPS) is 29.1. The van der Waals surface area contributed by atoms with E-state index in [9.17, 15) is 0 Å². The third-order valence-electron chi connectivity index (χ3n) is 1.80. The molecule has 1 rings (SSSR count). The van der Waals surface area contributed by atoms with Crippen molar-refractivity contribution in [1.82, 2.24) is 5.32 Å². The smallest absolute Gasteiger partial charge is 0.0417 e. The van der Waals surface area contributed by atoms with Crippen molar-refractivity contribution in [2.45, 2.75) is 31.7 Å². The Bertz CT molecular complexity index is 82.9. The van der Waals surface area contributed by atoms with Gasteiger partial charge in [0.2, 0.25) is 0 Å². The van der Waals surface area contributed by atoms with E-state index in [0.717, 1.165) is 13.0 Å². The molecule has 0 aromatic heterocycles. The zero-order valence-corrected chi connectivity index (χ0v) is 5.69. The Morgan fingerprint density at radius 2 is 2.22 bits per heavy atom. The maximum Gasteiger partial charge on any atom is 0.0417 e. The molecule has 1 aliphatic heterocycles. The average molecular weight is 126 g/mol. The molecule has 1 fully saturated rings. The van der Waals surface area contributed by atoms with Crippen LogP contribution in [0.25, 0.3) is 0 Å². The molecule has 0 bridgehead atoms. The molecule has 1 aliphatic rings. The van der Waals surface area contributed by atoms with Crippen molar-refractivity contribution in [2.75, 3.05) is 6.54 Å². The van der Waals surface area contributed by atoms with Gasteiger partial charge in [-0.2, -0.15) is 0 Å². The summed E-state index contributed by atoms with van der Waals surface area (Å²) in [5.74, 6) is 0. The van der Waals surface area contributed by atoms with Gasteiger partial charge in [-0.15, -0.1) is 0 Å². The van der Waals surface area contributed by atoms with Crippen molar-refractivity contribution in [1.29, 1.82) is 5.41 Å². The third-order valence-corrected chi connectivity index (χ3v) is 1.80. The van der Waals surface area contributed by atoms with Crippen molar-refractivity contribution in [2.24, 2.45) is 0 Å². The number of nitrogens with one attached hydrogen (secondary N) is 2. The fraction of sp³-hybridized carbons (Fsp3) is 0.857. The Morgan fingerprint density at radius 3 is 3.00 bits per heavy atom. The van der Waals surface area contributed by atoms with Crippen LogP contribution in [0.3, 0.4) is 0 Å². The van der Waals surface area contributed by atoms with Crippen molar-refractivity contribution in [3.8, 4) is 0 Å². The van der Waals surface area contributed by atoms with E-state index in [0.29, 0.717) is 6.04 Å². The van der Waals surface area contributed by atoms with Crippen LogP contribution in [0.5, 0.6) is 0 Å². The number of hydrogen-bond acceptors (Lipinski definition) is 2. The van der Waals surface area contributed by atoms with Gasteiger partial charge in [0.25, 0.3) is 0 Å². The van der Waals surface area contributed by atoms with Crippen LogP contribution in [-0.2, 0) is 0 Å². The van der Waals surface area contributed by atoms with E-state index in [4.69, 9.17) is 5.41 Å². The molecule has 0 radical (unpaired) electrons. The summed E-state index contributed by atoms with van der Waals surface area (Å²) in [6.45, 7) is 1.10. The molecule has 1 saturated heterocycles. The van der Waals surface area contributed by atoms with Gasteiger partial charge in [0.1, 0.15) is 0 Å². The SMILES string of the molecule is N=CC1CCCCCN1. The molecule has 0 amide bonds. The van der Waals surface area contributed by atoms with Crippen LogP contribution in [0, 0.1) is 5.41 Å². The second kappa shape index (κ2) is 3.62. The highest BCUT2D eigenvalue weighted by Crippen LogP contribution is 2.05. The van der Waals surface area contributed by atoms with Gasteiger partial charge in [0.15, 0.2) is 0 Å². The summed E-state index contributed by atoms with van der Waals surface area (Å²) in [6.07, 6.45) is 6.57. The maximum atomic E-state index is 7.01. The monoisotopic (exact) mass is 126 g/mol. The highest BCUT2D eigenvalue weighted by Gasteiger charge is 2.06. The Morgan fingerprint density at radius 1 is 1.33 bits per heavy atom. The number of hydrogen-bond donors (Lipinski definition) is 2.